The van der Waals surface area contributed by atoms with Crippen LogP contribution in [0.3, 0.4) is 0 Å². The van der Waals surface area contributed by atoms with Gasteiger partial charge in [-0.05, 0) is 64.0 Å². The van der Waals surface area contributed by atoms with Gasteiger partial charge in [0.1, 0.15) is 0 Å². The average molecular weight is 538 g/mol. The van der Waals surface area contributed by atoms with E-state index in [1.54, 1.807) is 12.1 Å². The number of likely N-dealkylation sites (tertiary alicyclic amines) is 2. The molecule has 0 aliphatic carbocycles. The molecule has 1 aromatic carbocycles. The number of aromatic nitrogens is 2. The highest BCUT2D eigenvalue weighted by atomic mass is 32.2. The molecule has 0 saturated carbocycles. The van der Waals surface area contributed by atoms with Crippen LogP contribution >= 0.6 is 11.8 Å². The molecule has 0 amide bonds. The number of fused-ring (bicyclic) bond motifs is 1. The van der Waals surface area contributed by atoms with Crippen LogP contribution in [-0.4, -0.2) is 82.4 Å². The Kier molecular flexibility index (Phi) is 8.81. The molecule has 4 heterocycles. The predicted molar refractivity (Wildman–Crippen MR) is 141 cm³/mol. The van der Waals surface area contributed by atoms with Crippen molar-refractivity contribution in [3.63, 3.8) is 0 Å². The summed E-state index contributed by atoms with van der Waals surface area (Å²) < 4.78 is 43.5. The highest BCUT2D eigenvalue weighted by Crippen LogP contribution is 2.40. The number of piperidine rings is 1. The molecular formula is C27H38F3N5OS. The lowest BCUT2D eigenvalue weighted by atomic mass is 10.0. The van der Waals surface area contributed by atoms with Crippen LogP contribution in [0, 0.1) is 0 Å². The Morgan fingerprint density at radius 3 is 2.49 bits per heavy atom. The van der Waals surface area contributed by atoms with Gasteiger partial charge < -0.3 is 20.2 Å². The molecule has 5 rings (SSSR count). The van der Waals surface area contributed by atoms with E-state index in [2.05, 4.69) is 15.1 Å². The van der Waals surface area contributed by atoms with E-state index in [9.17, 15) is 18.3 Å². The molecule has 1 unspecified atom stereocenters. The fraction of sp³-hybridized carbons (Fsp3) is 0.667. The fourth-order valence-corrected chi connectivity index (χ4v) is 6.93. The Labute approximate surface area is 221 Å². The molecular weight excluding hydrogens is 499 g/mol. The van der Waals surface area contributed by atoms with Crippen LogP contribution in [-0.2, 0) is 25.7 Å². The normalized spacial score (nSPS) is 20.3. The molecule has 37 heavy (non-hydrogen) atoms. The third-order valence-electron chi connectivity index (χ3n) is 7.73. The third-order valence-corrected chi connectivity index (χ3v) is 8.77. The van der Waals surface area contributed by atoms with Gasteiger partial charge in [0.15, 0.2) is 0 Å². The lowest BCUT2D eigenvalue weighted by Crippen LogP contribution is -2.34. The molecule has 2 fully saturated rings. The zero-order chi connectivity index (χ0) is 25.8. The van der Waals surface area contributed by atoms with Crippen molar-refractivity contribution in [1.29, 1.82) is 0 Å². The maximum absolute atomic E-state index is 13.9. The third kappa shape index (κ3) is 6.71. The van der Waals surface area contributed by atoms with Crippen molar-refractivity contribution in [2.45, 2.75) is 68.8 Å². The summed E-state index contributed by atoms with van der Waals surface area (Å²) in [7, 11) is 0. The van der Waals surface area contributed by atoms with Crippen LogP contribution in [0.5, 0.6) is 0 Å². The van der Waals surface area contributed by atoms with Crippen molar-refractivity contribution < 1.29 is 18.3 Å². The molecule has 0 radical (unpaired) electrons. The van der Waals surface area contributed by atoms with Gasteiger partial charge in [0.25, 0.3) is 0 Å². The molecule has 3 aliphatic rings. The van der Waals surface area contributed by atoms with E-state index in [1.165, 1.54) is 49.9 Å². The Morgan fingerprint density at radius 2 is 1.73 bits per heavy atom. The minimum atomic E-state index is -4.40. The minimum Gasteiger partial charge on any atom is -0.390 e. The number of hydrogen-bond donors (Lipinski definition) is 2. The number of halogens is 3. The Morgan fingerprint density at radius 1 is 1.00 bits per heavy atom. The maximum atomic E-state index is 13.9. The average Bonchev–Trinajstić information content (AvgIpc) is 3.52. The van der Waals surface area contributed by atoms with E-state index in [-0.39, 0.29) is 4.90 Å². The first kappa shape index (κ1) is 27.0. The molecule has 2 N–H and O–H groups in total. The number of alkyl halides is 3. The van der Waals surface area contributed by atoms with E-state index >= 15 is 0 Å². The number of aliphatic hydroxyl groups is 1. The van der Waals surface area contributed by atoms with Crippen LogP contribution < -0.4 is 5.32 Å². The Balaban J connectivity index is 1.37. The molecule has 10 heteroatoms. The summed E-state index contributed by atoms with van der Waals surface area (Å²) in [5.74, 6) is 0.628. The van der Waals surface area contributed by atoms with Gasteiger partial charge >= 0.3 is 6.18 Å². The number of nitrogens with zero attached hydrogens (tertiary/aromatic N) is 4. The van der Waals surface area contributed by atoms with Gasteiger partial charge in [-0.1, -0.05) is 12.5 Å². The summed E-state index contributed by atoms with van der Waals surface area (Å²) in [5, 5.41) is 19.0. The van der Waals surface area contributed by atoms with Crippen LogP contribution in [0.15, 0.2) is 23.1 Å². The van der Waals surface area contributed by atoms with Gasteiger partial charge in [0, 0.05) is 60.1 Å². The van der Waals surface area contributed by atoms with Gasteiger partial charge in [0.05, 0.1) is 23.9 Å². The number of nitrogens with one attached hydrogen (secondary N) is 1. The van der Waals surface area contributed by atoms with Crippen LogP contribution in [0.2, 0.25) is 0 Å². The number of thioether (sulfide) groups is 1. The molecule has 1 aromatic heterocycles. The standard InChI is InChI=1S/C27H38F3N5OS/c28-27(29,30)23-7-6-20(16-25(23)37-15-14-33-10-2-1-3-11-33)26-22-17-31-9-8-24(22)35(32-26)19-21(36)18-34-12-4-5-13-34/h6-7,16,21,31,36H,1-5,8-15,17-19H2. The Hall–Kier alpha value is -1.59. The highest BCUT2D eigenvalue weighted by molar-refractivity contribution is 7.99. The number of aliphatic hydroxyl groups excluding tert-OH is 1. The van der Waals surface area contributed by atoms with Crippen molar-refractivity contribution in [1.82, 2.24) is 24.9 Å². The molecule has 3 aliphatic heterocycles. The molecule has 6 nitrogen and oxygen atoms in total. The first-order valence-electron chi connectivity index (χ1n) is 13.6. The molecule has 0 spiro atoms. The first-order valence-corrected chi connectivity index (χ1v) is 14.6. The zero-order valence-corrected chi connectivity index (χ0v) is 22.2. The molecule has 2 aromatic rings. The summed E-state index contributed by atoms with van der Waals surface area (Å²) in [6.45, 7) is 7.39. The van der Waals surface area contributed by atoms with Gasteiger partial charge in [-0.2, -0.15) is 18.3 Å². The number of β-amino-alcohol motifs (C(OH)–C–C–N with tert-alkyl or cyclic N) is 1. The minimum absolute atomic E-state index is 0.267. The largest absolute Gasteiger partial charge is 0.417 e. The summed E-state index contributed by atoms with van der Waals surface area (Å²) in [5.41, 5.74) is 2.97. The molecule has 204 valence electrons. The summed E-state index contributed by atoms with van der Waals surface area (Å²) in [6.07, 6.45) is 1.79. The Bertz CT molecular complexity index is 1050. The summed E-state index contributed by atoms with van der Waals surface area (Å²) in [4.78, 5) is 4.90. The second kappa shape index (κ2) is 12.1. The van der Waals surface area contributed by atoms with Crippen LogP contribution in [0.1, 0.15) is 48.9 Å². The van der Waals surface area contributed by atoms with Crippen molar-refractivity contribution in [2.75, 3.05) is 51.6 Å². The fourth-order valence-electron chi connectivity index (χ4n) is 5.81. The monoisotopic (exact) mass is 537 g/mol. The molecule has 2 saturated heterocycles. The highest BCUT2D eigenvalue weighted by Gasteiger charge is 2.34. The number of benzene rings is 1. The van der Waals surface area contributed by atoms with Crippen LogP contribution in [0.25, 0.3) is 11.3 Å². The molecule has 0 bridgehead atoms. The second-order valence-electron chi connectivity index (χ2n) is 10.5. The van der Waals surface area contributed by atoms with Crippen molar-refractivity contribution in [3.05, 3.63) is 35.0 Å². The lowest BCUT2D eigenvalue weighted by Gasteiger charge is -2.26. The SMILES string of the molecule is OC(CN1CCCC1)Cn1nc(-c2ccc(C(F)(F)F)c(SCCN3CCCCC3)c2)c2c1CCNC2. The zero-order valence-electron chi connectivity index (χ0n) is 21.4. The van der Waals surface area contributed by atoms with E-state index < -0.39 is 17.8 Å². The molecule has 1 atom stereocenters. The lowest BCUT2D eigenvalue weighted by molar-refractivity contribution is -0.139. The van der Waals surface area contributed by atoms with Crippen molar-refractivity contribution in [2.24, 2.45) is 0 Å². The predicted octanol–water partition coefficient (Wildman–Crippen LogP) is 4.25. The smallest absolute Gasteiger partial charge is 0.390 e. The quantitative estimate of drug-likeness (QED) is 0.467. The van der Waals surface area contributed by atoms with Gasteiger partial charge in [-0.25, -0.2) is 0 Å². The van der Waals surface area contributed by atoms with Crippen molar-refractivity contribution >= 4 is 11.8 Å². The van der Waals surface area contributed by atoms with Crippen molar-refractivity contribution in [3.8, 4) is 11.3 Å². The topological polar surface area (TPSA) is 56.6 Å². The summed E-state index contributed by atoms with van der Waals surface area (Å²) >= 11 is 1.29. The second-order valence-corrected chi connectivity index (χ2v) is 11.6. The first-order chi connectivity index (χ1) is 17.9. The van der Waals surface area contributed by atoms with E-state index in [0.29, 0.717) is 31.0 Å². The maximum Gasteiger partial charge on any atom is 0.417 e. The van der Waals surface area contributed by atoms with Gasteiger partial charge in [0.2, 0.25) is 0 Å². The van der Waals surface area contributed by atoms with E-state index in [1.807, 2.05) is 4.68 Å². The van der Waals surface area contributed by atoms with Gasteiger partial charge in [-0.3, -0.25) is 4.68 Å². The van der Waals surface area contributed by atoms with E-state index in [4.69, 9.17) is 5.10 Å². The van der Waals surface area contributed by atoms with Crippen LogP contribution in [0.4, 0.5) is 13.2 Å². The van der Waals surface area contributed by atoms with Gasteiger partial charge in [-0.15, -0.1) is 11.8 Å². The number of hydrogen-bond acceptors (Lipinski definition) is 6. The number of rotatable bonds is 9. The van der Waals surface area contributed by atoms with E-state index in [0.717, 1.165) is 62.6 Å². The summed E-state index contributed by atoms with van der Waals surface area (Å²) in [6, 6.07) is 4.44.